The molecule has 126 valence electrons. The first-order chi connectivity index (χ1) is 12.1. The Kier molecular flexibility index (Phi) is 4.23. The van der Waals surface area contributed by atoms with Gasteiger partial charge in [0.1, 0.15) is 0 Å². The van der Waals surface area contributed by atoms with E-state index in [1.165, 1.54) is 0 Å². The molecule has 1 aliphatic rings. The van der Waals surface area contributed by atoms with Crippen molar-refractivity contribution in [2.75, 3.05) is 13.1 Å². The Morgan fingerprint density at radius 3 is 2.72 bits per heavy atom. The normalized spacial score (nSPS) is 17.2. The second-order valence-corrected chi connectivity index (χ2v) is 7.17. The summed E-state index contributed by atoms with van der Waals surface area (Å²) in [6, 6.07) is 11.5. The number of carbonyl (C=O) groups is 1. The lowest BCUT2D eigenvalue weighted by molar-refractivity contribution is 0.0793. The number of pyridine rings is 2. The maximum absolute atomic E-state index is 13.1. The van der Waals surface area contributed by atoms with Gasteiger partial charge >= 0.3 is 0 Å². The van der Waals surface area contributed by atoms with Gasteiger partial charge in [0.25, 0.3) is 5.91 Å². The summed E-state index contributed by atoms with van der Waals surface area (Å²) in [4.78, 5) is 23.7. The van der Waals surface area contributed by atoms with Crippen molar-refractivity contribution in [3.05, 3.63) is 58.8 Å². The van der Waals surface area contributed by atoms with E-state index in [-0.39, 0.29) is 11.9 Å². The van der Waals surface area contributed by atoms with Crippen molar-refractivity contribution in [2.45, 2.75) is 12.5 Å². The molecule has 0 unspecified atom stereocenters. The minimum Gasteiger partial charge on any atom is -0.337 e. The molecule has 1 aromatic carbocycles. The quantitative estimate of drug-likeness (QED) is 0.721. The number of hydrogen-bond donors (Lipinski definition) is 1. The van der Waals surface area contributed by atoms with Gasteiger partial charge in [-0.05, 0) is 42.8 Å². The van der Waals surface area contributed by atoms with Crippen molar-refractivity contribution in [2.24, 2.45) is 5.73 Å². The Balaban J connectivity index is 1.88. The standard InChI is InChI=1S/C19H17BrN4O/c20-13-1-2-17-15(9-13)16(19(25)24-8-5-14(21)11-24)10-18(23-17)12-3-6-22-7-4-12/h1-4,6-7,9-10,14H,5,8,11,21H2/t14-/m0/s1. The molecule has 1 saturated heterocycles. The second-order valence-electron chi connectivity index (χ2n) is 6.25. The number of benzene rings is 1. The van der Waals surface area contributed by atoms with Crippen molar-refractivity contribution < 1.29 is 4.79 Å². The van der Waals surface area contributed by atoms with Gasteiger partial charge in [-0.3, -0.25) is 9.78 Å². The number of halogens is 1. The van der Waals surface area contributed by atoms with Crippen LogP contribution in [0.1, 0.15) is 16.8 Å². The molecule has 0 radical (unpaired) electrons. The van der Waals surface area contributed by atoms with Crippen molar-refractivity contribution in [1.29, 1.82) is 0 Å². The van der Waals surface area contributed by atoms with Gasteiger partial charge < -0.3 is 10.6 Å². The lowest BCUT2D eigenvalue weighted by Crippen LogP contribution is -2.32. The number of carbonyl (C=O) groups excluding carboxylic acids is 1. The highest BCUT2D eigenvalue weighted by atomic mass is 79.9. The molecule has 5 nitrogen and oxygen atoms in total. The van der Waals surface area contributed by atoms with E-state index in [0.29, 0.717) is 18.7 Å². The van der Waals surface area contributed by atoms with Crippen LogP contribution in [-0.4, -0.2) is 39.9 Å². The van der Waals surface area contributed by atoms with Crippen LogP contribution in [0.3, 0.4) is 0 Å². The third-order valence-electron chi connectivity index (χ3n) is 4.49. The van der Waals surface area contributed by atoms with Gasteiger partial charge in [0, 0.05) is 46.9 Å². The molecule has 1 atom stereocenters. The zero-order valence-electron chi connectivity index (χ0n) is 13.5. The van der Waals surface area contributed by atoms with Crippen LogP contribution in [-0.2, 0) is 0 Å². The minimum atomic E-state index is 0.00811. The first kappa shape index (κ1) is 16.2. The Morgan fingerprint density at radius 2 is 2.00 bits per heavy atom. The Bertz CT molecular complexity index is 945. The van der Waals surface area contributed by atoms with Crippen LogP contribution in [0.25, 0.3) is 22.2 Å². The van der Waals surface area contributed by atoms with Gasteiger partial charge in [-0.25, -0.2) is 4.98 Å². The summed E-state index contributed by atoms with van der Waals surface area (Å²) in [6.45, 7) is 1.30. The summed E-state index contributed by atoms with van der Waals surface area (Å²) in [5, 5.41) is 0.845. The number of rotatable bonds is 2. The molecule has 2 N–H and O–H groups in total. The smallest absolute Gasteiger partial charge is 0.254 e. The molecule has 3 aromatic rings. The van der Waals surface area contributed by atoms with Gasteiger partial charge in [0.2, 0.25) is 0 Å². The van der Waals surface area contributed by atoms with E-state index in [1.54, 1.807) is 12.4 Å². The molecule has 1 aliphatic heterocycles. The molecule has 1 amide bonds. The lowest BCUT2D eigenvalue weighted by Gasteiger charge is -2.18. The number of nitrogens with zero attached hydrogens (tertiary/aromatic N) is 3. The van der Waals surface area contributed by atoms with E-state index in [1.807, 2.05) is 41.3 Å². The highest BCUT2D eigenvalue weighted by Gasteiger charge is 2.26. The van der Waals surface area contributed by atoms with Crippen molar-refractivity contribution >= 4 is 32.7 Å². The molecular weight excluding hydrogens is 380 g/mol. The molecule has 0 aliphatic carbocycles. The second kappa shape index (κ2) is 6.54. The first-order valence-corrected chi connectivity index (χ1v) is 8.97. The molecular formula is C19H17BrN4O. The molecule has 4 rings (SSSR count). The summed E-state index contributed by atoms with van der Waals surface area (Å²) in [6.07, 6.45) is 4.29. The largest absolute Gasteiger partial charge is 0.337 e. The fraction of sp³-hybridized carbons (Fsp3) is 0.211. The first-order valence-electron chi connectivity index (χ1n) is 8.17. The zero-order valence-corrected chi connectivity index (χ0v) is 15.1. The third-order valence-corrected chi connectivity index (χ3v) is 4.98. The SMILES string of the molecule is N[C@H]1CCN(C(=O)c2cc(-c3ccncc3)nc3ccc(Br)cc23)C1. The van der Waals surface area contributed by atoms with Gasteiger partial charge in [-0.1, -0.05) is 15.9 Å². The van der Waals surface area contributed by atoms with Crippen LogP contribution in [0.2, 0.25) is 0 Å². The molecule has 1 fully saturated rings. The number of nitrogens with two attached hydrogens (primary N) is 1. The Labute approximate surface area is 154 Å². The van der Waals surface area contributed by atoms with Gasteiger partial charge in [0.15, 0.2) is 0 Å². The molecule has 0 spiro atoms. The average molecular weight is 397 g/mol. The predicted octanol–water partition coefficient (Wildman–Crippen LogP) is 3.23. The molecule has 0 bridgehead atoms. The molecule has 25 heavy (non-hydrogen) atoms. The highest BCUT2D eigenvalue weighted by Crippen LogP contribution is 2.28. The minimum absolute atomic E-state index is 0.00811. The summed E-state index contributed by atoms with van der Waals surface area (Å²) in [5.74, 6) is 0.00811. The van der Waals surface area contributed by atoms with Crippen LogP contribution in [0.5, 0.6) is 0 Å². The highest BCUT2D eigenvalue weighted by molar-refractivity contribution is 9.10. The number of hydrogen-bond acceptors (Lipinski definition) is 4. The maximum Gasteiger partial charge on any atom is 0.254 e. The molecule has 6 heteroatoms. The van der Waals surface area contributed by atoms with E-state index in [9.17, 15) is 4.79 Å². The van der Waals surface area contributed by atoms with E-state index in [0.717, 1.165) is 33.1 Å². The van der Waals surface area contributed by atoms with Gasteiger partial charge in [0.05, 0.1) is 16.8 Å². The van der Waals surface area contributed by atoms with Gasteiger partial charge in [-0.15, -0.1) is 0 Å². The van der Waals surface area contributed by atoms with Crippen LogP contribution in [0.15, 0.2) is 53.3 Å². The van der Waals surface area contributed by atoms with E-state index in [2.05, 4.69) is 20.9 Å². The third kappa shape index (κ3) is 3.15. The molecule has 2 aromatic heterocycles. The van der Waals surface area contributed by atoms with Crippen LogP contribution in [0.4, 0.5) is 0 Å². The fourth-order valence-electron chi connectivity index (χ4n) is 3.19. The lowest BCUT2D eigenvalue weighted by atomic mass is 10.0. The average Bonchev–Trinajstić information content (AvgIpc) is 3.07. The summed E-state index contributed by atoms with van der Waals surface area (Å²) >= 11 is 3.49. The summed E-state index contributed by atoms with van der Waals surface area (Å²) in [5.41, 5.74) is 9.14. The Hall–Kier alpha value is -2.31. The summed E-state index contributed by atoms with van der Waals surface area (Å²) in [7, 11) is 0. The van der Waals surface area contributed by atoms with Crippen LogP contribution >= 0.6 is 15.9 Å². The molecule has 3 heterocycles. The Morgan fingerprint density at radius 1 is 1.20 bits per heavy atom. The van der Waals surface area contributed by atoms with Crippen LogP contribution in [0, 0.1) is 0 Å². The number of likely N-dealkylation sites (tertiary alicyclic amines) is 1. The zero-order chi connectivity index (χ0) is 17.4. The fourth-order valence-corrected chi connectivity index (χ4v) is 3.55. The van der Waals surface area contributed by atoms with Crippen molar-refractivity contribution in [3.8, 4) is 11.3 Å². The maximum atomic E-state index is 13.1. The van der Waals surface area contributed by atoms with Crippen molar-refractivity contribution in [1.82, 2.24) is 14.9 Å². The van der Waals surface area contributed by atoms with E-state index < -0.39 is 0 Å². The van der Waals surface area contributed by atoms with Gasteiger partial charge in [-0.2, -0.15) is 0 Å². The summed E-state index contributed by atoms with van der Waals surface area (Å²) < 4.78 is 0.922. The van der Waals surface area contributed by atoms with E-state index >= 15 is 0 Å². The topological polar surface area (TPSA) is 72.1 Å². The number of amides is 1. The predicted molar refractivity (Wildman–Crippen MR) is 101 cm³/mol. The number of fused-ring (bicyclic) bond motifs is 1. The monoisotopic (exact) mass is 396 g/mol. The number of aromatic nitrogens is 2. The van der Waals surface area contributed by atoms with E-state index in [4.69, 9.17) is 10.7 Å². The van der Waals surface area contributed by atoms with Crippen LogP contribution < -0.4 is 5.73 Å². The van der Waals surface area contributed by atoms with Crippen molar-refractivity contribution in [3.63, 3.8) is 0 Å². The molecule has 0 saturated carbocycles.